The van der Waals surface area contributed by atoms with Crippen LogP contribution in [0.4, 0.5) is 0 Å². The van der Waals surface area contributed by atoms with E-state index in [9.17, 15) is 4.79 Å². The van der Waals surface area contributed by atoms with Gasteiger partial charge in [0.2, 0.25) is 0 Å². The Kier molecular flexibility index (Phi) is 2.37. The molecule has 0 radical (unpaired) electrons. The van der Waals surface area contributed by atoms with Crippen molar-refractivity contribution in [3.63, 3.8) is 0 Å². The number of hydrogen-bond donors (Lipinski definition) is 0. The molecule has 0 spiro atoms. The monoisotopic (exact) mass is 184 g/mol. The Bertz CT molecular complexity index is 398. The molecule has 0 bridgehead atoms. The standard InChI is InChI=1S/C13H12O/c1-2-3-6-11-9-10-7-4-5-8-12(10)13(11)14/h1,4-5,7-8,11H,3,6,9H2. The third-order valence-corrected chi connectivity index (χ3v) is 2.76. The van der Waals surface area contributed by atoms with Crippen LogP contribution in [0.1, 0.15) is 28.8 Å². The average Bonchev–Trinajstić information content (AvgIpc) is 2.54. The van der Waals surface area contributed by atoms with Crippen molar-refractivity contribution < 1.29 is 4.79 Å². The first-order chi connectivity index (χ1) is 6.83. The van der Waals surface area contributed by atoms with Crippen LogP contribution < -0.4 is 0 Å². The van der Waals surface area contributed by atoms with E-state index in [1.807, 2.05) is 24.3 Å². The third kappa shape index (κ3) is 1.44. The van der Waals surface area contributed by atoms with E-state index in [4.69, 9.17) is 6.42 Å². The molecule has 1 aliphatic rings. The second-order valence-corrected chi connectivity index (χ2v) is 3.67. The van der Waals surface area contributed by atoms with Crippen LogP contribution in [-0.4, -0.2) is 5.78 Å². The Morgan fingerprint density at radius 3 is 2.93 bits per heavy atom. The molecule has 1 unspecified atom stereocenters. The molecule has 0 aliphatic heterocycles. The maximum absolute atomic E-state index is 11.8. The number of ketones is 1. The normalized spacial score (nSPS) is 19.1. The van der Waals surface area contributed by atoms with Gasteiger partial charge in [-0.25, -0.2) is 0 Å². The number of benzene rings is 1. The topological polar surface area (TPSA) is 17.1 Å². The van der Waals surface area contributed by atoms with Crippen LogP contribution in [0.3, 0.4) is 0 Å². The summed E-state index contributed by atoms with van der Waals surface area (Å²) in [4.78, 5) is 11.8. The lowest BCUT2D eigenvalue weighted by Gasteiger charge is -2.03. The zero-order valence-corrected chi connectivity index (χ0v) is 7.99. The second kappa shape index (κ2) is 3.67. The van der Waals surface area contributed by atoms with Gasteiger partial charge in [0.05, 0.1) is 0 Å². The first-order valence-corrected chi connectivity index (χ1v) is 4.88. The molecule has 1 atom stereocenters. The molecule has 1 aromatic rings. The summed E-state index contributed by atoms with van der Waals surface area (Å²) in [5.41, 5.74) is 2.08. The minimum atomic E-state index is 0.128. The lowest BCUT2D eigenvalue weighted by atomic mass is 9.99. The molecule has 1 heteroatoms. The van der Waals surface area contributed by atoms with Crippen LogP contribution in [0.5, 0.6) is 0 Å². The van der Waals surface area contributed by atoms with Crippen molar-refractivity contribution in [2.45, 2.75) is 19.3 Å². The van der Waals surface area contributed by atoms with Crippen LogP contribution in [0.15, 0.2) is 24.3 Å². The number of Topliss-reactive ketones (excluding diaryl/α,β-unsaturated/α-hetero) is 1. The van der Waals surface area contributed by atoms with Gasteiger partial charge in [-0.15, -0.1) is 12.3 Å². The summed E-state index contributed by atoms with van der Waals surface area (Å²) in [5.74, 6) is 2.99. The Balaban J connectivity index is 2.18. The van der Waals surface area contributed by atoms with Gasteiger partial charge >= 0.3 is 0 Å². The quantitative estimate of drug-likeness (QED) is 0.645. The van der Waals surface area contributed by atoms with Crippen LogP contribution in [-0.2, 0) is 6.42 Å². The van der Waals surface area contributed by atoms with E-state index >= 15 is 0 Å². The molecule has 0 saturated carbocycles. The molecule has 2 rings (SSSR count). The highest BCUT2D eigenvalue weighted by molar-refractivity contribution is 6.02. The molecule has 0 amide bonds. The summed E-state index contributed by atoms with van der Waals surface area (Å²) in [5, 5.41) is 0. The first-order valence-electron chi connectivity index (χ1n) is 4.88. The highest BCUT2D eigenvalue weighted by Crippen LogP contribution is 2.29. The summed E-state index contributed by atoms with van der Waals surface area (Å²) in [6.07, 6.45) is 7.59. The zero-order valence-electron chi connectivity index (χ0n) is 7.99. The summed E-state index contributed by atoms with van der Waals surface area (Å²) >= 11 is 0. The Morgan fingerprint density at radius 2 is 2.21 bits per heavy atom. The number of carbonyl (C=O) groups excluding carboxylic acids is 1. The fourth-order valence-corrected chi connectivity index (χ4v) is 2.01. The fraction of sp³-hybridized carbons (Fsp3) is 0.308. The molecule has 1 nitrogen and oxygen atoms in total. The minimum Gasteiger partial charge on any atom is -0.294 e. The van der Waals surface area contributed by atoms with E-state index in [0.29, 0.717) is 6.42 Å². The molecule has 0 N–H and O–H groups in total. The summed E-state index contributed by atoms with van der Waals surface area (Å²) in [7, 11) is 0. The van der Waals surface area contributed by atoms with E-state index in [-0.39, 0.29) is 11.7 Å². The number of carbonyl (C=O) groups is 1. The van der Waals surface area contributed by atoms with Gasteiger partial charge in [-0.2, -0.15) is 0 Å². The molecule has 1 aromatic carbocycles. The fourth-order valence-electron chi connectivity index (χ4n) is 2.01. The molecule has 0 fully saturated rings. The van der Waals surface area contributed by atoms with Gasteiger partial charge in [-0.05, 0) is 18.4 Å². The summed E-state index contributed by atoms with van der Waals surface area (Å²) in [6.45, 7) is 0. The van der Waals surface area contributed by atoms with Gasteiger partial charge in [-0.1, -0.05) is 24.3 Å². The SMILES string of the molecule is C#CCCC1Cc2ccccc2C1=O. The Labute approximate surface area is 84.1 Å². The van der Waals surface area contributed by atoms with Gasteiger partial charge in [-0.3, -0.25) is 4.79 Å². The summed E-state index contributed by atoms with van der Waals surface area (Å²) in [6, 6.07) is 7.84. The van der Waals surface area contributed by atoms with E-state index in [2.05, 4.69) is 5.92 Å². The number of fused-ring (bicyclic) bond motifs is 1. The highest BCUT2D eigenvalue weighted by atomic mass is 16.1. The largest absolute Gasteiger partial charge is 0.294 e. The lowest BCUT2D eigenvalue weighted by Crippen LogP contribution is -2.08. The van der Waals surface area contributed by atoms with Crippen LogP contribution in [0.2, 0.25) is 0 Å². The third-order valence-electron chi connectivity index (χ3n) is 2.76. The zero-order chi connectivity index (χ0) is 9.97. The van der Waals surface area contributed by atoms with Crippen molar-refractivity contribution in [2.24, 2.45) is 5.92 Å². The van der Waals surface area contributed by atoms with Gasteiger partial charge in [0.25, 0.3) is 0 Å². The molecule has 70 valence electrons. The second-order valence-electron chi connectivity index (χ2n) is 3.67. The van der Waals surface area contributed by atoms with E-state index < -0.39 is 0 Å². The molecule has 0 aromatic heterocycles. The molecule has 0 saturated heterocycles. The number of hydrogen-bond acceptors (Lipinski definition) is 1. The van der Waals surface area contributed by atoms with Crippen LogP contribution in [0, 0.1) is 18.3 Å². The van der Waals surface area contributed by atoms with E-state index in [0.717, 1.165) is 18.4 Å². The van der Waals surface area contributed by atoms with Gasteiger partial charge in [0.15, 0.2) is 5.78 Å². The van der Waals surface area contributed by atoms with E-state index in [1.54, 1.807) is 0 Å². The molecule has 1 aliphatic carbocycles. The lowest BCUT2D eigenvalue weighted by molar-refractivity contribution is 0.0932. The Hall–Kier alpha value is -1.55. The van der Waals surface area contributed by atoms with Crippen molar-refractivity contribution >= 4 is 5.78 Å². The van der Waals surface area contributed by atoms with Crippen molar-refractivity contribution in [3.05, 3.63) is 35.4 Å². The van der Waals surface area contributed by atoms with Crippen molar-refractivity contribution in [1.82, 2.24) is 0 Å². The molecular formula is C13H12O. The van der Waals surface area contributed by atoms with Crippen molar-refractivity contribution in [3.8, 4) is 12.3 Å². The molecule has 0 heterocycles. The number of rotatable bonds is 2. The summed E-state index contributed by atoms with van der Waals surface area (Å²) < 4.78 is 0. The predicted octanol–water partition coefficient (Wildman–Crippen LogP) is 2.46. The Morgan fingerprint density at radius 1 is 1.43 bits per heavy atom. The van der Waals surface area contributed by atoms with Gasteiger partial charge in [0, 0.05) is 17.9 Å². The predicted molar refractivity (Wildman–Crippen MR) is 56.0 cm³/mol. The maximum Gasteiger partial charge on any atom is 0.166 e. The molecular weight excluding hydrogens is 172 g/mol. The van der Waals surface area contributed by atoms with Crippen LogP contribution in [0.25, 0.3) is 0 Å². The number of terminal acetylenes is 1. The average molecular weight is 184 g/mol. The van der Waals surface area contributed by atoms with Crippen molar-refractivity contribution in [2.75, 3.05) is 0 Å². The molecule has 14 heavy (non-hydrogen) atoms. The highest BCUT2D eigenvalue weighted by Gasteiger charge is 2.28. The van der Waals surface area contributed by atoms with Gasteiger partial charge in [0.1, 0.15) is 0 Å². The van der Waals surface area contributed by atoms with Crippen molar-refractivity contribution in [1.29, 1.82) is 0 Å². The van der Waals surface area contributed by atoms with Crippen LogP contribution >= 0.6 is 0 Å². The smallest absolute Gasteiger partial charge is 0.166 e. The van der Waals surface area contributed by atoms with Gasteiger partial charge < -0.3 is 0 Å². The first kappa shape index (κ1) is 9.02. The maximum atomic E-state index is 11.8. The minimum absolute atomic E-state index is 0.128. The van der Waals surface area contributed by atoms with E-state index in [1.165, 1.54) is 5.56 Å².